The molecule has 0 aliphatic carbocycles. The van der Waals surface area contributed by atoms with E-state index in [1.165, 1.54) is 13.1 Å². The van der Waals surface area contributed by atoms with Crippen LogP contribution in [0, 0.1) is 0 Å². The molecule has 0 saturated carbocycles. The van der Waals surface area contributed by atoms with E-state index in [4.69, 9.17) is 0 Å². The fourth-order valence-corrected chi connectivity index (χ4v) is 0.650. The fraction of sp³-hybridized carbons (Fsp3) is 0.125. The molecule has 0 radical (unpaired) electrons. The molecule has 12 heavy (non-hydrogen) atoms. The summed E-state index contributed by atoms with van der Waals surface area (Å²) < 4.78 is 0. The number of nitrogens with zero attached hydrogens (tertiary/aromatic N) is 2. The number of nitrogens with one attached hydrogen (secondary N) is 1. The maximum atomic E-state index is 10.4. The number of rotatable bonds is 2. The molecule has 1 heterocycles. The first kappa shape index (κ1) is 8.39. The highest BCUT2D eigenvalue weighted by molar-refractivity contribution is 5.81. The van der Waals surface area contributed by atoms with Crippen LogP contribution in [0.3, 0.4) is 0 Å². The molecule has 1 aromatic heterocycles. The molecule has 0 aliphatic rings. The Hall–Kier alpha value is -1.71. The number of amides is 1. The molecule has 4 heteroatoms. The van der Waals surface area contributed by atoms with Gasteiger partial charge in [0.15, 0.2) is 0 Å². The summed E-state index contributed by atoms with van der Waals surface area (Å²) in [7, 11) is 0. The molecule has 62 valence electrons. The van der Waals surface area contributed by atoms with Crippen LogP contribution in [-0.2, 0) is 4.79 Å². The monoisotopic (exact) mass is 163 g/mol. The van der Waals surface area contributed by atoms with Gasteiger partial charge in [-0.3, -0.25) is 9.78 Å². The Morgan fingerprint density at radius 3 is 3.17 bits per heavy atom. The van der Waals surface area contributed by atoms with Crippen LogP contribution >= 0.6 is 0 Å². The topological polar surface area (TPSA) is 54.4 Å². The summed E-state index contributed by atoms with van der Waals surface area (Å²) in [5.41, 5.74) is 3.15. The van der Waals surface area contributed by atoms with Crippen molar-refractivity contribution in [2.24, 2.45) is 5.10 Å². The number of hydrogen-bond donors (Lipinski definition) is 1. The third-order valence-electron chi connectivity index (χ3n) is 1.12. The Morgan fingerprint density at radius 2 is 2.58 bits per heavy atom. The summed E-state index contributed by atoms with van der Waals surface area (Å²) in [6.45, 7) is 1.40. The Bertz CT molecular complexity index is 282. The number of aromatic nitrogens is 1. The molecule has 0 saturated heterocycles. The minimum atomic E-state index is -0.185. The van der Waals surface area contributed by atoms with E-state index >= 15 is 0 Å². The number of hydrazone groups is 1. The third kappa shape index (κ3) is 2.92. The zero-order valence-electron chi connectivity index (χ0n) is 6.69. The van der Waals surface area contributed by atoms with Crippen molar-refractivity contribution in [1.29, 1.82) is 0 Å². The van der Waals surface area contributed by atoms with Crippen LogP contribution in [0.15, 0.2) is 29.6 Å². The third-order valence-corrected chi connectivity index (χ3v) is 1.12. The second-order valence-corrected chi connectivity index (χ2v) is 2.21. The summed E-state index contributed by atoms with van der Waals surface area (Å²) in [5.74, 6) is -0.185. The molecule has 0 atom stereocenters. The molecular formula is C8H9N3O. The molecule has 1 N–H and O–H groups in total. The van der Waals surface area contributed by atoms with Crippen molar-refractivity contribution in [3.05, 3.63) is 30.1 Å². The van der Waals surface area contributed by atoms with Gasteiger partial charge in [0, 0.05) is 24.9 Å². The summed E-state index contributed by atoms with van der Waals surface area (Å²) in [5, 5.41) is 3.68. The number of hydrogen-bond acceptors (Lipinski definition) is 3. The quantitative estimate of drug-likeness (QED) is 0.511. The fourth-order valence-electron chi connectivity index (χ4n) is 0.650. The normalized spacial score (nSPS) is 10.1. The van der Waals surface area contributed by atoms with E-state index in [1.807, 2.05) is 6.07 Å². The van der Waals surface area contributed by atoms with Crippen LogP contribution in [0.1, 0.15) is 12.5 Å². The first-order valence-corrected chi connectivity index (χ1v) is 3.49. The Kier molecular flexibility index (Phi) is 2.95. The van der Waals surface area contributed by atoms with Gasteiger partial charge in [0.05, 0.1) is 6.21 Å². The largest absolute Gasteiger partial charge is 0.274 e. The minimum Gasteiger partial charge on any atom is -0.274 e. The van der Waals surface area contributed by atoms with Crippen LogP contribution in [-0.4, -0.2) is 17.1 Å². The van der Waals surface area contributed by atoms with Gasteiger partial charge in [0.2, 0.25) is 5.91 Å². The van der Waals surface area contributed by atoms with Gasteiger partial charge in [-0.05, 0) is 6.07 Å². The van der Waals surface area contributed by atoms with E-state index in [2.05, 4.69) is 15.5 Å². The standard InChI is InChI=1S/C8H9N3O/c1-7(12)11-10-6-8-3-2-4-9-5-8/h2-6H,1H3,(H,11,12)/b10-6+. The lowest BCUT2D eigenvalue weighted by Gasteiger charge is -1.91. The zero-order valence-corrected chi connectivity index (χ0v) is 6.69. The van der Waals surface area contributed by atoms with Gasteiger partial charge in [0.1, 0.15) is 0 Å². The molecule has 0 aliphatic heterocycles. The molecule has 1 amide bonds. The molecule has 0 fully saturated rings. The van der Waals surface area contributed by atoms with Crippen LogP contribution < -0.4 is 5.43 Å². The predicted octanol–water partition coefficient (Wildman–Crippen LogP) is 0.552. The number of carbonyl (C=O) groups excluding carboxylic acids is 1. The van der Waals surface area contributed by atoms with Crippen molar-refractivity contribution in [1.82, 2.24) is 10.4 Å². The maximum Gasteiger partial charge on any atom is 0.236 e. The lowest BCUT2D eigenvalue weighted by atomic mass is 10.3. The van der Waals surface area contributed by atoms with Crippen LogP contribution in [0.2, 0.25) is 0 Å². The van der Waals surface area contributed by atoms with Crippen molar-refractivity contribution in [3.63, 3.8) is 0 Å². The highest BCUT2D eigenvalue weighted by Gasteiger charge is 1.85. The van der Waals surface area contributed by atoms with Crippen molar-refractivity contribution in [3.8, 4) is 0 Å². The molecule has 0 aromatic carbocycles. The molecule has 0 bridgehead atoms. The van der Waals surface area contributed by atoms with Crippen LogP contribution in [0.5, 0.6) is 0 Å². The summed E-state index contributed by atoms with van der Waals surface area (Å²) in [6.07, 6.45) is 4.87. The van der Waals surface area contributed by atoms with E-state index in [9.17, 15) is 4.79 Å². The van der Waals surface area contributed by atoms with E-state index < -0.39 is 0 Å². The molecule has 0 unspecified atom stereocenters. The first-order chi connectivity index (χ1) is 5.79. The van der Waals surface area contributed by atoms with E-state index in [-0.39, 0.29) is 5.91 Å². The molecule has 1 aromatic rings. The Balaban J connectivity index is 2.52. The van der Waals surface area contributed by atoms with Gasteiger partial charge in [-0.2, -0.15) is 5.10 Å². The minimum absolute atomic E-state index is 0.185. The predicted molar refractivity (Wildman–Crippen MR) is 45.6 cm³/mol. The van der Waals surface area contributed by atoms with Crippen molar-refractivity contribution in [2.45, 2.75) is 6.92 Å². The van der Waals surface area contributed by atoms with E-state index in [0.717, 1.165) is 5.56 Å². The number of pyridine rings is 1. The van der Waals surface area contributed by atoms with Gasteiger partial charge in [-0.25, -0.2) is 5.43 Å². The van der Waals surface area contributed by atoms with Gasteiger partial charge >= 0.3 is 0 Å². The van der Waals surface area contributed by atoms with Crippen molar-refractivity contribution in [2.75, 3.05) is 0 Å². The average molecular weight is 163 g/mol. The van der Waals surface area contributed by atoms with Gasteiger partial charge < -0.3 is 0 Å². The lowest BCUT2D eigenvalue weighted by Crippen LogP contribution is -2.12. The molecule has 1 rings (SSSR count). The average Bonchev–Trinajstić information content (AvgIpc) is 2.05. The van der Waals surface area contributed by atoms with Gasteiger partial charge in [0.25, 0.3) is 0 Å². The van der Waals surface area contributed by atoms with Crippen molar-refractivity contribution >= 4 is 12.1 Å². The Labute approximate surface area is 70.3 Å². The summed E-state index contributed by atoms with van der Waals surface area (Å²) in [6, 6.07) is 3.65. The van der Waals surface area contributed by atoms with Crippen molar-refractivity contribution < 1.29 is 4.79 Å². The van der Waals surface area contributed by atoms with Gasteiger partial charge in [-0.15, -0.1) is 0 Å². The second kappa shape index (κ2) is 4.23. The van der Waals surface area contributed by atoms with Crippen LogP contribution in [0.4, 0.5) is 0 Å². The Morgan fingerprint density at radius 1 is 1.75 bits per heavy atom. The molecular weight excluding hydrogens is 154 g/mol. The summed E-state index contributed by atoms with van der Waals surface area (Å²) in [4.78, 5) is 14.3. The van der Waals surface area contributed by atoms with Crippen LogP contribution in [0.25, 0.3) is 0 Å². The zero-order chi connectivity index (χ0) is 8.81. The summed E-state index contributed by atoms with van der Waals surface area (Å²) >= 11 is 0. The smallest absolute Gasteiger partial charge is 0.236 e. The lowest BCUT2D eigenvalue weighted by molar-refractivity contribution is -0.118. The highest BCUT2D eigenvalue weighted by atomic mass is 16.2. The molecule has 4 nitrogen and oxygen atoms in total. The number of carbonyl (C=O) groups is 1. The highest BCUT2D eigenvalue weighted by Crippen LogP contribution is 1.89. The van der Waals surface area contributed by atoms with E-state index in [0.29, 0.717) is 0 Å². The second-order valence-electron chi connectivity index (χ2n) is 2.21. The first-order valence-electron chi connectivity index (χ1n) is 3.49. The SMILES string of the molecule is CC(=O)N/N=C/c1cccnc1. The van der Waals surface area contributed by atoms with E-state index in [1.54, 1.807) is 18.5 Å². The van der Waals surface area contributed by atoms with Gasteiger partial charge in [-0.1, -0.05) is 6.07 Å². The molecule has 0 spiro atoms. The maximum absolute atomic E-state index is 10.4.